The van der Waals surface area contributed by atoms with Crippen molar-refractivity contribution < 1.29 is 13.6 Å². The number of aliphatic imine (C=N–C) groups is 1. The van der Waals surface area contributed by atoms with Gasteiger partial charge in [0.2, 0.25) is 0 Å². The van der Waals surface area contributed by atoms with Gasteiger partial charge in [0.05, 0.1) is 0 Å². The summed E-state index contributed by atoms with van der Waals surface area (Å²) in [5.74, 6) is -0.616. The fourth-order valence-electron chi connectivity index (χ4n) is 2.69. The molecule has 8 heteroatoms. The molecule has 0 radical (unpaired) electrons. The van der Waals surface area contributed by atoms with E-state index >= 15 is 0 Å². The Balaban J connectivity index is 0.00000420. The van der Waals surface area contributed by atoms with Gasteiger partial charge in [-0.15, -0.1) is 24.0 Å². The molecule has 2 rings (SSSR count). The van der Waals surface area contributed by atoms with E-state index in [1.54, 1.807) is 13.1 Å². The zero-order valence-corrected chi connectivity index (χ0v) is 18.9. The van der Waals surface area contributed by atoms with Crippen LogP contribution in [0.2, 0.25) is 0 Å². The van der Waals surface area contributed by atoms with E-state index in [2.05, 4.69) is 20.9 Å². The van der Waals surface area contributed by atoms with E-state index < -0.39 is 11.6 Å². The SMILES string of the molecule is CCNC(=NCCc1ccc(F)cc1F)NCCc1cccc(C(=O)NC)c1.I. The van der Waals surface area contributed by atoms with E-state index in [4.69, 9.17) is 0 Å². The molecule has 0 aliphatic heterocycles. The van der Waals surface area contributed by atoms with Crippen molar-refractivity contribution in [2.75, 3.05) is 26.7 Å². The number of rotatable bonds is 8. The summed E-state index contributed by atoms with van der Waals surface area (Å²) in [6.45, 7) is 3.67. The highest BCUT2D eigenvalue weighted by atomic mass is 127. The van der Waals surface area contributed by atoms with Gasteiger partial charge in [-0.05, 0) is 49.1 Å². The van der Waals surface area contributed by atoms with Crippen LogP contribution in [0.1, 0.15) is 28.4 Å². The Labute approximate surface area is 187 Å². The van der Waals surface area contributed by atoms with E-state index in [1.165, 1.54) is 12.1 Å². The standard InChI is InChI=1S/C21H26F2N4O.HI/c1-3-25-21(27-12-10-16-7-8-18(22)14-19(16)23)26-11-9-15-5-4-6-17(13-15)20(28)24-2;/h4-8,13-14H,3,9-12H2,1-2H3,(H,24,28)(H2,25,26,27);1H. The number of nitrogens with zero attached hydrogens (tertiary/aromatic N) is 1. The second kappa shape index (κ2) is 13.1. The summed E-state index contributed by atoms with van der Waals surface area (Å²) >= 11 is 0. The van der Waals surface area contributed by atoms with Gasteiger partial charge in [0.25, 0.3) is 5.91 Å². The molecule has 1 amide bonds. The summed E-state index contributed by atoms with van der Waals surface area (Å²) in [6, 6.07) is 11.0. The lowest BCUT2D eigenvalue weighted by Crippen LogP contribution is -2.38. The van der Waals surface area contributed by atoms with Crippen LogP contribution in [-0.2, 0) is 12.8 Å². The molecule has 0 saturated carbocycles. The summed E-state index contributed by atoms with van der Waals surface area (Å²) in [5.41, 5.74) is 2.10. The number of halogens is 3. The highest BCUT2D eigenvalue weighted by molar-refractivity contribution is 14.0. The Hall–Kier alpha value is -2.23. The molecule has 0 aliphatic rings. The lowest BCUT2D eigenvalue weighted by Gasteiger charge is -2.12. The van der Waals surface area contributed by atoms with Crippen molar-refractivity contribution in [3.8, 4) is 0 Å². The van der Waals surface area contributed by atoms with Crippen molar-refractivity contribution >= 4 is 35.8 Å². The zero-order valence-electron chi connectivity index (χ0n) is 16.6. The van der Waals surface area contributed by atoms with Crippen LogP contribution in [0.4, 0.5) is 8.78 Å². The minimum absolute atomic E-state index is 0. The van der Waals surface area contributed by atoms with Gasteiger partial charge in [0.1, 0.15) is 11.6 Å². The molecule has 2 aromatic rings. The van der Waals surface area contributed by atoms with Crippen molar-refractivity contribution in [3.63, 3.8) is 0 Å². The summed E-state index contributed by atoms with van der Waals surface area (Å²) in [7, 11) is 1.60. The molecule has 0 spiro atoms. The molecular weight excluding hydrogens is 489 g/mol. The number of benzene rings is 2. The summed E-state index contributed by atoms with van der Waals surface area (Å²) in [4.78, 5) is 16.1. The molecule has 0 aliphatic carbocycles. The molecule has 0 aromatic heterocycles. The van der Waals surface area contributed by atoms with E-state index in [-0.39, 0.29) is 29.9 Å². The first-order valence-corrected chi connectivity index (χ1v) is 9.30. The fourth-order valence-corrected chi connectivity index (χ4v) is 2.69. The Bertz CT molecular complexity index is 830. The molecule has 0 bridgehead atoms. The van der Waals surface area contributed by atoms with Crippen molar-refractivity contribution in [1.82, 2.24) is 16.0 Å². The van der Waals surface area contributed by atoms with E-state index in [0.29, 0.717) is 43.1 Å². The summed E-state index contributed by atoms with van der Waals surface area (Å²) in [5, 5.41) is 8.98. The second-order valence-electron chi connectivity index (χ2n) is 6.20. The van der Waals surface area contributed by atoms with Gasteiger partial charge in [-0.25, -0.2) is 8.78 Å². The fraction of sp³-hybridized carbons (Fsp3) is 0.333. The van der Waals surface area contributed by atoms with E-state index in [1.807, 2.05) is 25.1 Å². The molecule has 0 unspecified atom stereocenters. The van der Waals surface area contributed by atoms with Crippen molar-refractivity contribution in [1.29, 1.82) is 0 Å². The van der Waals surface area contributed by atoms with Crippen LogP contribution in [0.15, 0.2) is 47.5 Å². The number of hydrogen-bond acceptors (Lipinski definition) is 2. The Morgan fingerprint density at radius 3 is 2.55 bits per heavy atom. The molecule has 5 nitrogen and oxygen atoms in total. The minimum Gasteiger partial charge on any atom is -0.357 e. The maximum Gasteiger partial charge on any atom is 0.251 e. The maximum absolute atomic E-state index is 13.7. The quantitative estimate of drug-likeness (QED) is 0.287. The third-order valence-electron chi connectivity index (χ3n) is 4.13. The molecule has 0 saturated heterocycles. The Kier molecular flexibility index (Phi) is 11.2. The van der Waals surface area contributed by atoms with Crippen LogP contribution >= 0.6 is 24.0 Å². The van der Waals surface area contributed by atoms with Crippen LogP contribution in [0, 0.1) is 11.6 Å². The molecule has 0 heterocycles. The number of carbonyl (C=O) groups excluding carboxylic acids is 1. The van der Waals surface area contributed by atoms with Crippen LogP contribution in [0.5, 0.6) is 0 Å². The lowest BCUT2D eigenvalue weighted by atomic mass is 10.1. The highest BCUT2D eigenvalue weighted by Gasteiger charge is 2.05. The monoisotopic (exact) mass is 516 g/mol. The molecular formula is C21H27F2IN4O. The predicted octanol–water partition coefficient (Wildman–Crippen LogP) is 3.28. The van der Waals surface area contributed by atoms with Crippen LogP contribution in [0.25, 0.3) is 0 Å². The largest absolute Gasteiger partial charge is 0.357 e. The van der Waals surface area contributed by atoms with Gasteiger partial charge in [0.15, 0.2) is 5.96 Å². The number of nitrogens with one attached hydrogen (secondary N) is 3. The molecule has 0 atom stereocenters. The zero-order chi connectivity index (χ0) is 20.4. The molecule has 3 N–H and O–H groups in total. The third kappa shape index (κ3) is 8.35. The molecule has 2 aromatic carbocycles. The van der Waals surface area contributed by atoms with Crippen LogP contribution in [-0.4, -0.2) is 38.5 Å². The van der Waals surface area contributed by atoms with Crippen molar-refractivity contribution in [2.45, 2.75) is 19.8 Å². The predicted molar refractivity (Wildman–Crippen MR) is 123 cm³/mol. The highest BCUT2D eigenvalue weighted by Crippen LogP contribution is 2.10. The second-order valence-corrected chi connectivity index (χ2v) is 6.20. The first kappa shape index (κ1) is 24.8. The number of hydrogen-bond donors (Lipinski definition) is 3. The van der Waals surface area contributed by atoms with Gasteiger partial charge in [-0.3, -0.25) is 9.79 Å². The third-order valence-corrected chi connectivity index (χ3v) is 4.13. The van der Waals surface area contributed by atoms with Crippen LogP contribution in [0.3, 0.4) is 0 Å². The van der Waals surface area contributed by atoms with Gasteiger partial charge >= 0.3 is 0 Å². The van der Waals surface area contributed by atoms with Gasteiger partial charge < -0.3 is 16.0 Å². The summed E-state index contributed by atoms with van der Waals surface area (Å²) < 4.78 is 26.6. The topological polar surface area (TPSA) is 65.5 Å². The average molecular weight is 516 g/mol. The first-order valence-electron chi connectivity index (χ1n) is 9.30. The number of carbonyl (C=O) groups is 1. The molecule has 0 fully saturated rings. The minimum atomic E-state index is -0.583. The van der Waals surface area contributed by atoms with Gasteiger partial charge in [0, 0.05) is 38.3 Å². The molecule has 158 valence electrons. The average Bonchev–Trinajstić information content (AvgIpc) is 2.69. The van der Waals surface area contributed by atoms with E-state index in [9.17, 15) is 13.6 Å². The van der Waals surface area contributed by atoms with Gasteiger partial charge in [-0.2, -0.15) is 0 Å². The first-order chi connectivity index (χ1) is 13.5. The van der Waals surface area contributed by atoms with Crippen molar-refractivity contribution in [3.05, 3.63) is 70.8 Å². The van der Waals surface area contributed by atoms with Crippen molar-refractivity contribution in [2.24, 2.45) is 4.99 Å². The van der Waals surface area contributed by atoms with E-state index in [0.717, 1.165) is 18.1 Å². The Morgan fingerprint density at radius 1 is 1.07 bits per heavy atom. The Morgan fingerprint density at radius 2 is 1.86 bits per heavy atom. The van der Waals surface area contributed by atoms with Crippen LogP contribution < -0.4 is 16.0 Å². The molecule has 29 heavy (non-hydrogen) atoms. The number of guanidine groups is 1. The number of amides is 1. The summed E-state index contributed by atoms with van der Waals surface area (Å²) in [6.07, 6.45) is 1.11. The van der Waals surface area contributed by atoms with Gasteiger partial charge in [-0.1, -0.05) is 18.2 Å². The maximum atomic E-state index is 13.7. The normalized spacial score (nSPS) is 10.8. The smallest absolute Gasteiger partial charge is 0.251 e. The lowest BCUT2D eigenvalue weighted by molar-refractivity contribution is 0.0963.